The molecular weight excluding hydrogens is 414 g/mol. The van der Waals surface area contributed by atoms with E-state index in [-0.39, 0.29) is 5.91 Å². The molecule has 0 aromatic heterocycles. The molecule has 1 amide bonds. The van der Waals surface area contributed by atoms with Crippen molar-refractivity contribution < 1.29 is 14.3 Å². The minimum Gasteiger partial charge on any atom is -0.493 e. The van der Waals surface area contributed by atoms with Crippen LogP contribution in [-0.2, 0) is 17.9 Å². The van der Waals surface area contributed by atoms with Crippen molar-refractivity contribution in [1.29, 1.82) is 0 Å². The normalized spacial score (nSPS) is 14.7. The van der Waals surface area contributed by atoms with E-state index in [9.17, 15) is 4.79 Å². The molecule has 2 aromatic carbocycles. The molecule has 1 heterocycles. The fourth-order valence-corrected chi connectivity index (χ4v) is 4.14. The Morgan fingerprint density at radius 2 is 1.74 bits per heavy atom. The summed E-state index contributed by atoms with van der Waals surface area (Å²) >= 11 is 6.06. The highest BCUT2D eigenvalue weighted by Gasteiger charge is 2.22. The van der Waals surface area contributed by atoms with Gasteiger partial charge in [0.05, 0.1) is 20.8 Å². The Balaban J connectivity index is 1.49. The van der Waals surface area contributed by atoms with E-state index < -0.39 is 0 Å². The third-order valence-electron chi connectivity index (χ3n) is 5.71. The van der Waals surface area contributed by atoms with Crippen molar-refractivity contribution in [3.8, 4) is 11.5 Å². The van der Waals surface area contributed by atoms with Gasteiger partial charge in [-0.1, -0.05) is 23.7 Å². The van der Waals surface area contributed by atoms with Gasteiger partial charge in [0.15, 0.2) is 11.5 Å². The molecule has 0 spiro atoms. The summed E-state index contributed by atoms with van der Waals surface area (Å²) in [5.41, 5.74) is 3.51. The van der Waals surface area contributed by atoms with Gasteiger partial charge in [0.1, 0.15) is 0 Å². The number of rotatable bonds is 8. The van der Waals surface area contributed by atoms with E-state index in [0.29, 0.717) is 13.1 Å². The third-order valence-corrected chi connectivity index (χ3v) is 5.94. The summed E-state index contributed by atoms with van der Waals surface area (Å²) in [6.07, 6.45) is 0. The maximum atomic E-state index is 12.7. The topological polar surface area (TPSA) is 45.2 Å². The molecule has 0 atom stereocenters. The number of nitrogens with zero attached hydrogens (tertiary/aromatic N) is 3. The van der Waals surface area contributed by atoms with Crippen LogP contribution < -0.4 is 9.47 Å². The molecule has 1 fully saturated rings. The van der Waals surface area contributed by atoms with E-state index in [1.54, 1.807) is 14.2 Å². The lowest BCUT2D eigenvalue weighted by Gasteiger charge is -2.35. The molecule has 6 nitrogen and oxygen atoms in total. The van der Waals surface area contributed by atoms with Crippen LogP contribution in [0.1, 0.15) is 16.7 Å². The number of amides is 1. The number of likely N-dealkylation sites (N-methyl/N-ethyl adjacent to an activating group) is 1. The zero-order valence-corrected chi connectivity index (χ0v) is 19.6. The van der Waals surface area contributed by atoms with Gasteiger partial charge in [-0.25, -0.2) is 0 Å². The van der Waals surface area contributed by atoms with Crippen LogP contribution >= 0.6 is 11.6 Å². The minimum absolute atomic E-state index is 0.173. The number of piperazine rings is 1. The predicted molar refractivity (Wildman–Crippen MR) is 124 cm³/mol. The molecule has 31 heavy (non-hydrogen) atoms. The second-order valence-electron chi connectivity index (χ2n) is 8.09. The molecule has 0 unspecified atom stereocenters. The summed E-state index contributed by atoms with van der Waals surface area (Å²) in [6.45, 7) is 7.24. The Morgan fingerprint density at radius 1 is 1.06 bits per heavy atom. The largest absolute Gasteiger partial charge is 0.493 e. The van der Waals surface area contributed by atoms with Crippen LogP contribution in [0.4, 0.5) is 0 Å². The van der Waals surface area contributed by atoms with E-state index >= 15 is 0 Å². The number of hydrogen-bond donors (Lipinski definition) is 0. The van der Waals surface area contributed by atoms with Crippen molar-refractivity contribution >= 4 is 17.5 Å². The fraction of sp³-hybridized carbons (Fsp3) is 0.458. The molecule has 0 bridgehead atoms. The van der Waals surface area contributed by atoms with Gasteiger partial charge >= 0.3 is 0 Å². The molecule has 3 rings (SSSR count). The number of halogens is 1. The standard InChI is InChI=1S/C24H32ClN3O3/c1-18-12-22(30-3)23(31-4)14-20(18)16-27-8-10-28(11-9-27)24(29)17-26(2)15-19-6-5-7-21(25)13-19/h5-7,12-14H,8-11,15-17H2,1-4H3. The molecule has 2 aromatic rings. The molecule has 7 heteroatoms. The highest BCUT2D eigenvalue weighted by molar-refractivity contribution is 6.30. The maximum absolute atomic E-state index is 12.7. The molecule has 168 valence electrons. The Hall–Kier alpha value is -2.28. The van der Waals surface area contributed by atoms with Gasteiger partial charge in [-0.3, -0.25) is 14.6 Å². The van der Waals surface area contributed by atoms with Crippen LogP contribution in [0.3, 0.4) is 0 Å². The van der Waals surface area contributed by atoms with Crippen LogP contribution in [0.2, 0.25) is 5.02 Å². The van der Waals surface area contributed by atoms with Crippen LogP contribution in [-0.4, -0.2) is 74.6 Å². The molecular formula is C24H32ClN3O3. The highest BCUT2D eigenvalue weighted by Crippen LogP contribution is 2.31. The highest BCUT2D eigenvalue weighted by atomic mass is 35.5. The van der Waals surface area contributed by atoms with Gasteiger partial charge in [0, 0.05) is 44.3 Å². The van der Waals surface area contributed by atoms with E-state index in [2.05, 4.69) is 17.9 Å². The smallest absolute Gasteiger partial charge is 0.236 e. The average molecular weight is 446 g/mol. The second-order valence-corrected chi connectivity index (χ2v) is 8.53. The second kappa shape index (κ2) is 10.8. The lowest BCUT2D eigenvalue weighted by Crippen LogP contribution is -2.50. The van der Waals surface area contributed by atoms with E-state index in [1.807, 2.05) is 47.2 Å². The Bertz CT molecular complexity index is 898. The van der Waals surface area contributed by atoms with E-state index in [1.165, 1.54) is 11.1 Å². The van der Waals surface area contributed by atoms with E-state index in [0.717, 1.165) is 54.8 Å². The number of benzene rings is 2. The van der Waals surface area contributed by atoms with Crippen molar-refractivity contribution in [2.45, 2.75) is 20.0 Å². The Labute approximate surface area is 190 Å². The first kappa shape index (κ1) is 23.4. The summed E-state index contributed by atoms with van der Waals surface area (Å²) < 4.78 is 10.8. The Morgan fingerprint density at radius 3 is 2.39 bits per heavy atom. The molecule has 1 aliphatic rings. The molecule has 0 aliphatic carbocycles. The fourth-order valence-electron chi connectivity index (χ4n) is 3.92. The first-order valence-corrected chi connectivity index (χ1v) is 10.9. The lowest BCUT2D eigenvalue weighted by molar-refractivity contribution is -0.134. The minimum atomic E-state index is 0.173. The molecule has 1 aliphatic heterocycles. The first-order valence-electron chi connectivity index (χ1n) is 10.5. The quantitative estimate of drug-likeness (QED) is 0.622. The summed E-state index contributed by atoms with van der Waals surface area (Å²) in [6, 6.07) is 11.8. The summed E-state index contributed by atoms with van der Waals surface area (Å²) in [5.74, 6) is 1.67. The van der Waals surface area contributed by atoms with Crippen molar-refractivity contribution in [3.63, 3.8) is 0 Å². The third kappa shape index (κ3) is 6.35. The molecule has 0 saturated carbocycles. The number of ether oxygens (including phenoxy) is 2. The van der Waals surface area contributed by atoms with Gasteiger partial charge in [-0.15, -0.1) is 0 Å². The van der Waals surface area contributed by atoms with Gasteiger partial charge < -0.3 is 14.4 Å². The average Bonchev–Trinajstić information content (AvgIpc) is 2.75. The van der Waals surface area contributed by atoms with Gasteiger partial charge in [-0.2, -0.15) is 0 Å². The number of carbonyl (C=O) groups excluding carboxylic acids is 1. The summed E-state index contributed by atoms with van der Waals surface area (Å²) in [5, 5.41) is 0.720. The summed E-state index contributed by atoms with van der Waals surface area (Å²) in [7, 11) is 5.28. The summed E-state index contributed by atoms with van der Waals surface area (Å²) in [4.78, 5) is 19.1. The van der Waals surface area contributed by atoms with Gasteiger partial charge in [0.2, 0.25) is 5.91 Å². The van der Waals surface area contributed by atoms with Crippen molar-refractivity contribution in [2.24, 2.45) is 0 Å². The van der Waals surface area contributed by atoms with Crippen LogP contribution in [0.25, 0.3) is 0 Å². The zero-order valence-electron chi connectivity index (χ0n) is 18.9. The lowest BCUT2D eigenvalue weighted by atomic mass is 10.1. The first-order chi connectivity index (χ1) is 14.9. The molecule has 1 saturated heterocycles. The van der Waals surface area contributed by atoms with Crippen LogP contribution in [0.5, 0.6) is 11.5 Å². The monoisotopic (exact) mass is 445 g/mol. The van der Waals surface area contributed by atoms with Crippen molar-refractivity contribution in [3.05, 3.63) is 58.1 Å². The van der Waals surface area contributed by atoms with Crippen LogP contribution in [0, 0.1) is 6.92 Å². The predicted octanol–water partition coefficient (Wildman–Crippen LogP) is 3.44. The number of aryl methyl sites for hydroxylation is 1. The number of carbonyl (C=O) groups is 1. The van der Waals surface area contributed by atoms with Crippen molar-refractivity contribution in [1.82, 2.24) is 14.7 Å². The molecule has 0 N–H and O–H groups in total. The SMILES string of the molecule is COc1cc(C)c(CN2CCN(C(=O)CN(C)Cc3cccc(Cl)c3)CC2)cc1OC. The van der Waals surface area contributed by atoms with E-state index in [4.69, 9.17) is 21.1 Å². The van der Waals surface area contributed by atoms with Gasteiger partial charge in [-0.05, 0) is 54.9 Å². The molecule has 0 radical (unpaired) electrons. The van der Waals surface area contributed by atoms with Gasteiger partial charge in [0.25, 0.3) is 0 Å². The number of hydrogen-bond acceptors (Lipinski definition) is 5. The maximum Gasteiger partial charge on any atom is 0.236 e. The Kier molecular flexibility index (Phi) is 8.18. The van der Waals surface area contributed by atoms with Crippen LogP contribution in [0.15, 0.2) is 36.4 Å². The zero-order chi connectivity index (χ0) is 22.4. The van der Waals surface area contributed by atoms with Crippen molar-refractivity contribution in [2.75, 3.05) is 54.0 Å². The number of methoxy groups -OCH3 is 2.